The summed E-state index contributed by atoms with van der Waals surface area (Å²) in [6.45, 7) is 3.41. The van der Waals surface area contributed by atoms with Gasteiger partial charge < -0.3 is 10.1 Å². The number of nitrogens with one attached hydrogen (secondary N) is 1. The van der Waals surface area contributed by atoms with Crippen molar-refractivity contribution in [3.05, 3.63) is 34.6 Å². The van der Waals surface area contributed by atoms with E-state index >= 15 is 0 Å². The van der Waals surface area contributed by atoms with Crippen LogP contribution < -0.4 is 5.32 Å². The molecule has 18 heavy (non-hydrogen) atoms. The predicted octanol–water partition coefficient (Wildman–Crippen LogP) is 2.16. The summed E-state index contributed by atoms with van der Waals surface area (Å²) < 4.78 is 17.7. The van der Waals surface area contributed by atoms with E-state index in [1.807, 2.05) is 0 Å². The zero-order chi connectivity index (χ0) is 13.7. The third-order valence-electron chi connectivity index (χ3n) is 2.17. The highest BCUT2D eigenvalue weighted by Crippen LogP contribution is 2.15. The normalized spacial score (nSPS) is 11.8. The Kier molecular flexibility index (Phi) is 5.09. The number of amides is 1. The fraction of sp³-hybridized carbons (Fsp3) is 0.333. The van der Waals surface area contributed by atoms with Crippen LogP contribution in [0.2, 0.25) is 5.02 Å². The van der Waals surface area contributed by atoms with Gasteiger partial charge in [-0.05, 0) is 32.0 Å². The van der Waals surface area contributed by atoms with Crippen LogP contribution in [0.5, 0.6) is 0 Å². The van der Waals surface area contributed by atoms with Crippen LogP contribution in [0.15, 0.2) is 18.2 Å². The summed E-state index contributed by atoms with van der Waals surface area (Å²) in [4.78, 5) is 23.0. The zero-order valence-corrected chi connectivity index (χ0v) is 10.8. The smallest absolute Gasteiger partial charge is 0.328 e. The first-order valence-electron chi connectivity index (χ1n) is 5.38. The number of ether oxygens (including phenoxy) is 1. The molecule has 6 heteroatoms. The molecule has 0 saturated heterocycles. The van der Waals surface area contributed by atoms with Crippen LogP contribution in [0, 0.1) is 5.82 Å². The predicted molar refractivity (Wildman–Crippen MR) is 65.0 cm³/mol. The second kappa shape index (κ2) is 6.35. The van der Waals surface area contributed by atoms with Gasteiger partial charge in [0.25, 0.3) is 5.91 Å². The fourth-order valence-corrected chi connectivity index (χ4v) is 1.42. The van der Waals surface area contributed by atoms with E-state index in [0.29, 0.717) is 0 Å². The van der Waals surface area contributed by atoms with Gasteiger partial charge in [-0.15, -0.1) is 0 Å². The number of carbonyl (C=O) groups is 2. The lowest BCUT2D eigenvalue weighted by atomic mass is 10.2. The minimum atomic E-state index is -0.777. The SMILES string of the molecule is CCOC(=O)C(C)NC(=O)c1ccc(F)c(Cl)c1. The maximum absolute atomic E-state index is 12.9. The highest BCUT2D eigenvalue weighted by molar-refractivity contribution is 6.31. The topological polar surface area (TPSA) is 55.4 Å². The van der Waals surface area contributed by atoms with E-state index in [-0.39, 0.29) is 17.2 Å². The Morgan fingerprint density at radius 2 is 2.17 bits per heavy atom. The van der Waals surface area contributed by atoms with E-state index in [1.165, 1.54) is 19.1 Å². The Balaban J connectivity index is 2.70. The minimum Gasteiger partial charge on any atom is -0.464 e. The summed E-state index contributed by atoms with van der Waals surface area (Å²) in [5.74, 6) is -1.65. The first-order chi connectivity index (χ1) is 8.45. The Bertz CT molecular complexity index is 465. The second-order valence-corrected chi connectivity index (χ2v) is 3.98. The summed E-state index contributed by atoms with van der Waals surface area (Å²) in [6, 6.07) is 2.80. The molecule has 0 saturated carbocycles. The van der Waals surface area contributed by atoms with Crippen molar-refractivity contribution < 1.29 is 18.7 Å². The van der Waals surface area contributed by atoms with Gasteiger partial charge >= 0.3 is 5.97 Å². The highest BCUT2D eigenvalue weighted by Gasteiger charge is 2.18. The van der Waals surface area contributed by atoms with Crippen LogP contribution in [0.4, 0.5) is 4.39 Å². The van der Waals surface area contributed by atoms with Crippen LogP contribution in [-0.2, 0) is 9.53 Å². The summed E-state index contributed by atoms with van der Waals surface area (Å²) in [5, 5.41) is 2.29. The molecule has 1 unspecified atom stereocenters. The molecule has 0 heterocycles. The van der Waals surface area contributed by atoms with Crippen LogP contribution >= 0.6 is 11.6 Å². The molecule has 1 aromatic rings. The molecule has 1 amide bonds. The fourth-order valence-electron chi connectivity index (χ4n) is 1.24. The van der Waals surface area contributed by atoms with Crippen molar-refractivity contribution in [2.24, 2.45) is 0 Å². The van der Waals surface area contributed by atoms with Gasteiger partial charge in [0.05, 0.1) is 11.6 Å². The molecule has 4 nitrogen and oxygen atoms in total. The highest BCUT2D eigenvalue weighted by atomic mass is 35.5. The van der Waals surface area contributed by atoms with Gasteiger partial charge in [-0.2, -0.15) is 0 Å². The number of carbonyl (C=O) groups excluding carboxylic acids is 2. The van der Waals surface area contributed by atoms with Crippen molar-refractivity contribution in [1.82, 2.24) is 5.32 Å². The maximum Gasteiger partial charge on any atom is 0.328 e. The summed E-state index contributed by atoms with van der Waals surface area (Å²) in [6.07, 6.45) is 0. The quantitative estimate of drug-likeness (QED) is 0.856. The van der Waals surface area contributed by atoms with Gasteiger partial charge in [0.1, 0.15) is 11.9 Å². The number of benzene rings is 1. The second-order valence-electron chi connectivity index (χ2n) is 3.58. The first-order valence-corrected chi connectivity index (χ1v) is 5.76. The molecular formula is C12H13ClFNO3. The lowest BCUT2D eigenvalue weighted by molar-refractivity contribution is -0.144. The van der Waals surface area contributed by atoms with Crippen LogP contribution in [0.1, 0.15) is 24.2 Å². The van der Waals surface area contributed by atoms with Gasteiger partial charge in [-0.3, -0.25) is 4.79 Å². The Morgan fingerprint density at radius 3 is 2.72 bits per heavy atom. The van der Waals surface area contributed by atoms with Crippen molar-refractivity contribution in [1.29, 1.82) is 0 Å². The molecule has 1 rings (SSSR count). The minimum absolute atomic E-state index is 0.147. The molecular weight excluding hydrogens is 261 g/mol. The van der Waals surface area contributed by atoms with E-state index in [4.69, 9.17) is 16.3 Å². The third-order valence-corrected chi connectivity index (χ3v) is 2.46. The van der Waals surface area contributed by atoms with Gasteiger partial charge in [-0.1, -0.05) is 11.6 Å². The van der Waals surface area contributed by atoms with Crippen molar-refractivity contribution in [2.75, 3.05) is 6.61 Å². The number of halogens is 2. The van der Waals surface area contributed by atoms with Crippen LogP contribution in [-0.4, -0.2) is 24.5 Å². The average Bonchev–Trinajstić information content (AvgIpc) is 2.32. The molecule has 0 aromatic heterocycles. The molecule has 1 atom stereocenters. The number of rotatable bonds is 4. The molecule has 0 fully saturated rings. The molecule has 0 radical (unpaired) electrons. The van der Waals surface area contributed by atoms with Crippen molar-refractivity contribution in [3.63, 3.8) is 0 Å². The number of hydrogen-bond acceptors (Lipinski definition) is 3. The van der Waals surface area contributed by atoms with Crippen molar-refractivity contribution in [3.8, 4) is 0 Å². The average molecular weight is 274 g/mol. The van der Waals surface area contributed by atoms with Crippen LogP contribution in [0.3, 0.4) is 0 Å². The lowest BCUT2D eigenvalue weighted by Gasteiger charge is -2.12. The first kappa shape index (κ1) is 14.4. The summed E-state index contributed by atoms with van der Waals surface area (Å²) >= 11 is 5.56. The lowest BCUT2D eigenvalue weighted by Crippen LogP contribution is -2.39. The third kappa shape index (κ3) is 3.70. The monoisotopic (exact) mass is 273 g/mol. The summed E-state index contributed by atoms with van der Waals surface area (Å²) in [7, 11) is 0. The number of hydrogen-bond donors (Lipinski definition) is 1. The molecule has 1 N–H and O–H groups in total. The number of esters is 1. The molecule has 1 aromatic carbocycles. The van der Waals surface area contributed by atoms with E-state index in [2.05, 4.69) is 5.32 Å². The van der Waals surface area contributed by atoms with Gasteiger partial charge in [-0.25, -0.2) is 9.18 Å². The van der Waals surface area contributed by atoms with Gasteiger partial charge in [0.2, 0.25) is 0 Å². The zero-order valence-electron chi connectivity index (χ0n) is 10.00. The molecule has 0 aliphatic carbocycles. The molecule has 0 aliphatic heterocycles. The Morgan fingerprint density at radius 1 is 1.50 bits per heavy atom. The summed E-state index contributed by atoms with van der Waals surface area (Å²) in [5.41, 5.74) is 0.178. The largest absolute Gasteiger partial charge is 0.464 e. The van der Waals surface area contributed by atoms with Crippen LogP contribution in [0.25, 0.3) is 0 Å². The van der Waals surface area contributed by atoms with Crippen molar-refractivity contribution in [2.45, 2.75) is 19.9 Å². The van der Waals surface area contributed by atoms with E-state index in [9.17, 15) is 14.0 Å². The van der Waals surface area contributed by atoms with E-state index < -0.39 is 23.7 Å². The van der Waals surface area contributed by atoms with Gasteiger partial charge in [0, 0.05) is 5.56 Å². The van der Waals surface area contributed by atoms with E-state index in [1.54, 1.807) is 6.92 Å². The Labute approximate surface area is 109 Å². The Hall–Kier alpha value is -1.62. The molecule has 0 bridgehead atoms. The molecule has 0 spiro atoms. The maximum atomic E-state index is 12.9. The molecule has 0 aliphatic rings. The van der Waals surface area contributed by atoms with Gasteiger partial charge in [0.15, 0.2) is 0 Å². The van der Waals surface area contributed by atoms with E-state index in [0.717, 1.165) is 6.07 Å². The molecule has 98 valence electrons. The van der Waals surface area contributed by atoms with Crippen molar-refractivity contribution >= 4 is 23.5 Å². The standard InChI is InChI=1S/C12H13ClFNO3/c1-3-18-12(17)7(2)15-11(16)8-4-5-10(14)9(13)6-8/h4-7H,3H2,1-2H3,(H,15,16).